The summed E-state index contributed by atoms with van der Waals surface area (Å²) in [5.41, 5.74) is 2.35. The Balaban J connectivity index is 1.76. The molecule has 1 N–H and O–H groups in total. The molecule has 2 rings (SSSR count). The number of hydrogen-bond acceptors (Lipinski definition) is 3. The van der Waals surface area contributed by atoms with Crippen LogP contribution < -0.4 is 5.32 Å². The number of aryl methyl sites for hydroxylation is 1. The van der Waals surface area contributed by atoms with Crippen LogP contribution in [0.3, 0.4) is 0 Å². The summed E-state index contributed by atoms with van der Waals surface area (Å²) >= 11 is 6.22. The molecule has 0 saturated carbocycles. The maximum Gasteiger partial charge on any atom is 0.0826 e. The maximum atomic E-state index is 6.22. The number of benzene rings is 1. The highest BCUT2D eigenvalue weighted by Gasteiger charge is 2.18. The first-order chi connectivity index (χ1) is 9.19. The van der Waals surface area contributed by atoms with E-state index >= 15 is 0 Å². The van der Waals surface area contributed by atoms with Gasteiger partial charge in [0.1, 0.15) is 0 Å². The quantitative estimate of drug-likeness (QED) is 0.898. The molecule has 0 aliphatic carbocycles. The van der Waals surface area contributed by atoms with Gasteiger partial charge < -0.3 is 10.1 Å². The molecule has 1 saturated heterocycles. The number of nitrogens with one attached hydrogen (secondary N) is 1. The lowest BCUT2D eigenvalue weighted by atomic mass is 10.1. The van der Waals surface area contributed by atoms with Crippen LogP contribution in [-0.4, -0.2) is 43.8 Å². The van der Waals surface area contributed by atoms with Crippen molar-refractivity contribution in [1.29, 1.82) is 0 Å². The van der Waals surface area contributed by atoms with E-state index in [1.165, 1.54) is 5.56 Å². The highest BCUT2D eigenvalue weighted by atomic mass is 35.5. The van der Waals surface area contributed by atoms with E-state index in [2.05, 4.69) is 36.2 Å². The molecule has 0 aromatic heterocycles. The third kappa shape index (κ3) is 4.46. The van der Waals surface area contributed by atoms with Crippen molar-refractivity contribution in [2.24, 2.45) is 0 Å². The number of nitrogens with zero attached hydrogens (tertiary/aromatic N) is 1. The van der Waals surface area contributed by atoms with Crippen molar-refractivity contribution in [2.75, 3.05) is 32.8 Å². The Bertz CT molecular complexity index is 411. The van der Waals surface area contributed by atoms with Crippen molar-refractivity contribution in [3.63, 3.8) is 0 Å². The summed E-state index contributed by atoms with van der Waals surface area (Å²) in [6.07, 6.45) is 0.290. The normalized spacial score (nSPS) is 20.7. The van der Waals surface area contributed by atoms with Crippen LogP contribution in [0, 0.1) is 6.92 Å². The number of halogens is 1. The van der Waals surface area contributed by atoms with Gasteiger partial charge in [0.15, 0.2) is 0 Å². The molecule has 19 heavy (non-hydrogen) atoms. The van der Waals surface area contributed by atoms with E-state index in [0.717, 1.165) is 49.9 Å². The van der Waals surface area contributed by atoms with Gasteiger partial charge in [-0.25, -0.2) is 0 Å². The number of morpholine rings is 1. The fourth-order valence-corrected chi connectivity index (χ4v) is 2.66. The molecule has 1 fully saturated rings. The van der Waals surface area contributed by atoms with Crippen LogP contribution in [0.1, 0.15) is 18.1 Å². The second-order valence-corrected chi connectivity index (χ2v) is 5.52. The van der Waals surface area contributed by atoms with Crippen LogP contribution in [0.15, 0.2) is 18.2 Å². The van der Waals surface area contributed by atoms with Crippen molar-refractivity contribution in [2.45, 2.75) is 26.5 Å². The van der Waals surface area contributed by atoms with Gasteiger partial charge in [-0.15, -0.1) is 0 Å². The molecule has 1 aromatic rings. The zero-order valence-electron chi connectivity index (χ0n) is 11.8. The average Bonchev–Trinajstić information content (AvgIpc) is 2.41. The molecule has 106 valence electrons. The van der Waals surface area contributed by atoms with Gasteiger partial charge in [0.2, 0.25) is 0 Å². The van der Waals surface area contributed by atoms with Crippen molar-refractivity contribution < 1.29 is 4.74 Å². The first-order valence-electron chi connectivity index (χ1n) is 6.98. The summed E-state index contributed by atoms with van der Waals surface area (Å²) < 4.78 is 5.76. The number of likely N-dealkylation sites (N-methyl/N-ethyl adjacent to an activating group) is 1. The molecule has 0 bridgehead atoms. The van der Waals surface area contributed by atoms with Crippen molar-refractivity contribution in [3.05, 3.63) is 34.3 Å². The van der Waals surface area contributed by atoms with Gasteiger partial charge in [0.25, 0.3) is 0 Å². The minimum Gasteiger partial charge on any atom is -0.374 e. The standard InChI is InChI=1S/C15H23ClN2O/c1-3-18-6-7-19-14(11-18)10-17-9-13-5-4-12(2)8-15(13)16/h4-5,8,14,17H,3,6-7,9-11H2,1-2H3. The molecule has 4 heteroatoms. The fourth-order valence-electron chi connectivity index (χ4n) is 2.35. The van der Waals surface area contributed by atoms with Crippen molar-refractivity contribution in [3.8, 4) is 0 Å². The molecule has 1 heterocycles. The molecule has 0 radical (unpaired) electrons. The Kier molecular flexibility index (Phi) is 5.64. The Hall–Kier alpha value is -0.610. The van der Waals surface area contributed by atoms with Crippen LogP contribution in [0.2, 0.25) is 5.02 Å². The minimum absolute atomic E-state index is 0.290. The molecule has 1 aliphatic rings. The second kappa shape index (κ2) is 7.25. The molecular formula is C15H23ClN2O. The summed E-state index contributed by atoms with van der Waals surface area (Å²) in [4.78, 5) is 2.43. The molecule has 1 aromatic carbocycles. The Morgan fingerprint density at radius 1 is 1.47 bits per heavy atom. The third-order valence-electron chi connectivity index (χ3n) is 3.57. The van der Waals surface area contributed by atoms with E-state index in [1.54, 1.807) is 0 Å². The summed E-state index contributed by atoms with van der Waals surface area (Å²) in [5.74, 6) is 0. The topological polar surface area (TPSA) is 24.5 Å². The lowest BCUT2D eigenvalue weighted by Crippen LogP contribution is -2.46. The first-order valence-corrected chi connectivity index (χ1v) is 7.36. The predicted molar refractivity (Wildman–Crippen MR) is 79.7 cm³/mol. The third-order valence-corrected chi connectivity index (χ3v) is 3.92. The molecule has 1 unspecified atom stereocenters. The summed E-state index contributed by atoms with van der Waals surface area (Å²) in [5, 5.41) is 4.28. The molecule has 0 spiro atoms. The first kappa shape index (κ1) is 14.8. The van der Waals surface area contributed by atoms with Gasteiger partial charge in [0, 0.05) is 31.2 Å². The Morgan fingerprint density at radius 3 is 3.05 bits per heavy atom. The zero-order valence-corrected chi connectivity index (χ0v) is 12.5. The van der Waals surface area contributed by atoms with Crippen LogP contribution in [0.4, 0.5) is 0 Å². The maximum absolute atomic E-state index is 6.22. The minimum atomic E-state index is 0.290. The van der Waals surface area contributed by atoms with Crippen molar-refractivity contribution >= 4 is 11.6 Å². The van der Waals surface area contributed by atoms with Crippen molar-refractivity contribution in [1.82, 2.24) is 10.2 Å². The van der Waals surface area contributed by atoms with Gasteiger partial charge in [-0.2, -0.15) is 0 Å². The second-order valence-electron chi connectivity index (χ2n) is 5.11. The number of ether oxygens (including phenoxy) is 1. The van der Waals surface area contributed by atoms with E-state index in [0.29, 0.717) is 0 Å². The lowest BCUT2D eigenvalue weighted by molar-refractivity contribution is -0.0253. The van der Waals surface area contributed by atoms with Gasteiger partial charge in [-0.1, -0.05) is 30.7 Å². The molecule has 3 nitrogen and oxygen atoms in total. The van der Waals surface area contributed by atoms with E-state index < -0.39 is 0 Å². The molecule has 1 aliphatic heterocycles. The smallest absolute Gasteiger partial charge is 0.0826 e. The van der Waals surface area contributed by atoms with E-state index in [4.69, 9.17) is 16.3 Å². The van der Waals surface area contributed by atoms with Crippen LogP contribution in [0.5, 0.6) is 0 Å². The van der Waals surface area contributed by atoms with Crippen LogP contribution in [-0.2, 0) is 11.3 Å². The Morgan fingerprint density at radius 2 is 2.32 bits per heavy atom. The Labute approximate surface area is 120 Å². The molecule has 1 atom stereocenters. The van der Waals surface area contributed by atoms with Gasteiger partial charge >= 0.3 is 0 Å². The SMILES string of the molecule is CCN1CCOC(CNCc2ccc(C)cc2Cl)C1. The largest absolute Gasteiger partial charge is 0.374 e. The summed E-state index contributed by atoms with van der Waals surface area (Å²) in [7, 11) is 0. The fraction of sp³-hybridized carbons (Fsp3) is 0.600. The monoisotopic (exact) mass is 282 g/mol. The highest BCUT2D eigenvalue weighted by molar-refractivity contribution is 6.31. The lowest BCUT2D eigenvalue weighted by Gasteiger charge is -2.32. The van der Waals surface area contributed by atoms with Crippen LogP contribution >= 0.6 is 11.6 Å². The molecular weight excluding hydrogens is 260 g/mol. The van der Waals surface area contributed by atoms with Crippen LogP contribution in [0.25, 0.3) is 0 Å². The summed E-state index contributed by atoms with van der Waals surface area (Å²) in [6.45, 7) is 9.93. The number of rotatable bonds is 5. The van der Waals surface area contributed by atoms with Gasteiger partial charge in [0.05, 0.1) is 12.7 Å². The predicted octanol–water partition coefficient (Wildman–Crippen LogP) is 2.46. The highest BCUT2D eigenvalue weighted by Crippen LogP contribution is 2.17. The summed E-state index contributed by atoms with van der Waals surface area (Å²) in [6, 6.07) is 6.19. The van der Waals surface area contributed by atoms with Gasteiger partial charge in [-0.3, -0.25) is 4.90 Å². The zero-order chi connectivity index (χ0) is 13.7. The van der Waals surface area contributed by atoms with E-state index in [-0.39, 0.29) is 6.10 Å². The van der Waals surface area contributed by atoms with Gasteiger partial charge in [-0.05, 0) is 30.7 Å². The average molecular weight is 283 g/mol. The van der Waals surface area contributed by atoms with E-state index in [9.17, 15) is 0 Å². The molecule has 0 amide bonds. The number of hydrogen-bond donors (Lipinski definition) is 1. The van der Waals surface area contributed by atoms with E-state index in [1.807, 2.05) is 6.07 Å².